The number of hydrogen-bond donors (Lipinski definition) is 0. The lowest BCUT2D eigenvalue weighted by Gasteiger charge is -2.03. The van der Waals surface area contributed by atoms with E-state index in [1.54, 1.807) is 17.7 Å². The molecule has 2 aromatic heterocycles. The zero-order valence-electron chi connectivity index (χ0n) is 13.5. The molecule has 0 spiro atoms. The number of aryl methyl sites for hydroxylation is 1. The van der Waals surface area contributed by atoms with E-state index in [4.69, 9.17) is 4.52 Å². The molecule has 1 aromatic carbocycles. The highest BCUT2D eigenvalue weighted by molar-refractivity contribution is 7.89. The van der Waals surface area contributed by atoms with Gasteiger partial charge in [0, 0.05) is 25.1 Å². The van der Waals surface area contributed by atoms with Crippen molar-refractivity contribution in [3.8, 4) is 11.3 Å². The summed E-state index contributed by atoms with van der Waals surface area (Å²) in [6.07, 6.45) is 0.702. The van der Waals surface area contributed by atoms with Crippen LogP contribution in [0.1, 0.15) is 24.3 Å². The molecule has 126 valence electrons. The predicted octanol–water partition coefficient (Wildman–Crippen LogP) is 2.15. The molecule has 2 heterocycles. The number of sulfone groups is 1. The maximum absolute atomic E-state index is 12.4. The van der Waals surface area contributed by atoms with Crippen LogP contribution in [-0.4, -0.2) is 28.3 Å². The fraction of sp³-hybridized carbons (Fsp3) is 0.312. The molecule has 0 amide bonds. The van der Waals surface area contributed by atoms with Gasteiger partial charge in [0.2, 0.25) is 0 Å². The lowest BCUT2D eigenvalue weighted by molar-refractivity contribution is 0.425. The van der Waals surface area contributed by atoms with Gasteiger partial charge >= 0.3 is 0 Å². The Hall–Kier alpha value is -2.48. The summed E-state index contributed by atoms with van der Waals surface area (Å²) in [5.74, 6) is 1.36. The minimum absolute atomic E-state index is 0.177. The Balaban J connectivity index is 1.75. The van der Waals surface area contributed by atoms with Crippen molar-refractivity contribution in [3.05, 3.63) is 53.7 Å². The van der Waals surface area contributed by atoms with Gasteiger partial charge in [-0.05, 0) is 0 Å². The zero-order valence-corrected chi connectivity index (χ0v) is 14.3. The summed E-state index contributed by atoms with van der Waals surface area (Å²) >= 11 is 0. The Bertz CT molecular complexity index is 929. The van der Waals surface area contributed by atoms with E-state index in [2.05, 4.69) is 15.4 Å². The van der Waals surface area contributed by atoms with Crippen LogP contribution in [0.15, 0.2) is 40.9 Å². The van der Waals surface area contributed by atoms with Crippen LogP contribution in [0.5, 0.6) is 0 Å². The van der Waals surface area contributed by atoms with Gasteiger partial charge in [-0.1, -0.05) is 42.4 Å². The molecule has 0 radical (unpaired) electrons. The highest BCUT2D eigenvalue weighted by Gasteiger charge is 2.20. The Morgan fingerprint density at radius 3 is 2.46 bits per heavy atom. The molecule has 0 unspecified atom stereocenters. The molecule has 0 bridgehead atoms. The number of rotatable bonds is 6. The lowest BCUT2D eigenvalue weighted by atomic mass is 10.2. The van der Waals surface area contributed by atoms with Crippen LogP contribution in [0.2, 0.25) is 0 Å². The molecule has 0 aliphatic rings. The molecule has 8 heteroatoms. The minimum Gasteiger partial charge on any atom is -0.356 e. The second kappa shape index (κ2) is 6.56. The Morgan fingerprint density at radius 2 is 1.79 bits per heavy atom. The highest BCUT2D eigenvalue weighted by atomic mass is 32.2. The molecule has 0 atom stereocenters. The Labute approximate surface area is 140 Å². The van der Waals surface area contributed by atoms with Gasteiger partial charge in [0.1, 0.15) is 17.4 Å². The Kier molecular flexibility index (Phi) is 4.48. The van der Waals surface area contributed by atoms with E-state index in [0.29, 0.717) is 23.7 Å². The third-order valence-corrected chi connectivity index (χ3v) is 5.14. The molecule has 0 saturated heterocycles. The van der Waals surface area contributed by atoms with Crippen molar-refractivity contribution in [1.82, 2.24) is 19.9 Å². The zero-order chi connectivity index (χ0) is 17.2. The lowest BCUT2D eigenvalue weighted by Crippen LogP contribution is -2.12. The predicted molar refractivity (Wildman–Crippen MR) is 88.6 cm³/mol. The van der Waals surface area contributed by atoms with Gasteiger partial charge in [-0.25, -0.2) is 8.42 Å². The summed E-state index contributed by atoms with van der Waals surface area (Å²) in [4.78, 5) is 0. The van der Waals surface area contributed by atoms with Crippen molar-refractivity contribution in [2.45, 2.75) is 24.9 Å². The van der Waals surface area contributed by atoms with Crippen molar-refractivity contribution in [3.63, 3.8) is 0 Å². The molecule has 0 fully saturated rings. The SMILES string of the molecule is CCc1nnc(CS(=O)(=O)Cc2cc(-c3ccccc3)on2)n1C. The van der Waals surface area contributed by atoms with Crippen LogP contribution in [0, 0.1) is 0 Å². The largest absolute Gasteiger partial charge is 0.356 e. The van der Waals surface area contributed by atoms with Crippen LogP contribution in [-0.2, 0) is 34.8 Å². The maximum atomic E-state index is 12.4. The number of benzene rings is 1. The average Bonchev–Trinajstić information content (AvgIpc) is 3.15. The van der Waals surface area contributed by atoms with E-state index in [9.17, 15) is 8.42 Å². The van der Waals surface area contributed by atoms with Gasteiger partial charge in [0.15, 0.2) is 15.6 Å². The molecule has 0 aliphatic carbocycles. The molecular weight excluding hydrogens is 328 g/mol. The summed E-state index contributed by atoms with van der Waals surface area (Å²) in [5.41, 5.74) is 1.24. The van der Waals surface area contributed by atoms with Crippen molar-refractivity contribution >= 4 is 9.84 Å². The van der Waals surface area contributed by atoms with E-state index in [1.165, 1.54) is 0 Å². The van der Waals surface area contributed by atoms with Gasteiger partial charge < -0.3 is 9.09 Å². The second-order valence-corrected chi connectivity index (χ2v) is 7.59. The van der Waals surface area contributed by atoms with E-state index < -0.39 is 9.84 Å². The van der Waals surface area contributed by atoms with Crippen LogP contribution < -0.4 is 0 Å². The summed E-state index contributed by atoms with van der Waals surface area (Å²) < 4.78 is 31.8. The highest BCUT2D eigenvalue weighted by Crippen LogP contribution is 2.21. The molecule has 24 heavy (non-hydrogen) atoms. The second-order valence-electron chi connectivity index (χ2n) is 5.53. The van der Waals surface area contributed by atoms with Gasteiger partial charge in [-0.2, -0.15) is 0 Å². The van der Waals surface area contributed by atoms with Gasteiger partial charge in [-0.15, -0.1) is 10.2 Å². The fourth-order valence-corrected chi connectivity index (χ4v) is 3.76. The quantitative estimate of drug-likeness (QED) is 0.679. The van der Waals surface area contributed by atoms with Gasteiger partial charge in [0.05, 0.1) is 11.4 Å². The number of nitrogens with zero attached hydrogens (tertiary/aromatic N) is 4. The van der Waals surface area contributed by atoms with Crippen molar-refractivity contribution in [2.24, 2.45) is 7.05 Å². The van der Waals surface area contributed by atoms with E-state index in [1.807, 2.05) is 37.3 Å². The van der Waals surface area contributed by atoms with E-state index in [0.717, 1.165) is 11.4 Å². The smallest absolute Gasteiger partial charge is 0.167 e. The van der Waals surface area contributed by atoms with E-state index in [-0.39, 0.29) is 11.5 Å². The standard InChI is InChI=1S/C16H18N4O3S/c1-3-15-17-18-16(20(15)2)11-24(21,22)10-13-9-14(23-19-13)12-7-5-4-6-8-12/h4-9H,3,10-11H2,1-2H3. The maximum Gasteiger partial charge on any atom is 0.167 e. The molecule has 0 aliphatic heterocycles. The number of hydrogen-bond acceptors (Lipinski definition) is 6. The van der Waals surface area contributed by atoms with Gasteiger partial charge in [-0.3, -0.25) is 0 Å². The van der Waals surface area contributed by atoms with E-state index >= 15 is 0 Å². The molecular formula is C16H18N4O3S. The topological polar surface area (TPSA) is 90.9 Å². The third kappa shape index (κ3) is 3.53. The van der Waals surface area contributed by atoms with Crippen molar-refractivity contribution < 1.29 is 12.9 Å². The number of aromatic nitrogens is 4. The first-order chi connectivity index (χ1) is 11.5. The van der Waals surface area contributed by atoms with Gasteiger partial charge in [0.25, 0.3) is 0 Å². The van der Waals surface area contributed by atoms with Crippen LogP contribution in [0.3, 0.4) is 0 Å². The average molecular weight is 346 g/mol. The van der Waals surface area contributed by atoms with Crippen molar-refractivity contribution in [2.75, 3.05) is 0 Å². The summed E-state index contributed by atoms with van der Waals surface area (Å²) in [6.45, 7) is 1.95. The van der Waals surface area contributed by atoms with Crippen LogP contribution in [0.25, 0.3) is 11.3 Å². The fourth-order valence-electron chi connectivity index (χ4n) is 2.42. The summed E-state index contributed by atoms with van der Waals surface area (Å²) in [7, 11) is -1.65. The summed E-state index contributed by atoms with van der Waals surface area (Å²) in [5, 5.41) is 11.8. The first-order valence-electron chi connectivity index (χ1n) is 7.57. The van der Waals surface area contributed by atoms with Crippen LogP contribution in [0.4, 0.5) is 0 Å². The molecule has 3 rings (SSSR count). The first kappa shape index (κ1) is 16.4. The Morgan fingerprint density at radius 1 is 1.08 bits per heavy atom. The summed E-state index contributed by atoms with van der Waals surface area (Å²) in [6, 6.07) is 11.1. The molecule has 7 nitrogen and oxygen atoms in total. The normalized spacial score (nSPS) is 11.8. The first-order valence-corrected chi connectivity index (χ1v) is 9.39. The molecule has 3 aromatic rings. The molecule has 0 saturated carbocycles. The third-order valence-electron chi connectivity index (χ3n) is 3.71. The minimum atomic E-state index is -3.42. The van der Waals surface area contributed by atoms with Crippen LogP contribution >= 0.6 is 0 Å². The monoisotopic (exact) mass is 346 g/mol. The van der Waals surface area contributed by atoms with Crippen molar-refractivity contribution in [1.29, 1.82) is 0 Å². The molecule has 0 N–H and O–H groups in total.